The van der Waals surface area contributed by atoms with Crippen LogP contribution in [0, 0.1) is 5.92 Å². The van der Waals surface area contributed by atoms with E-state index in [0.29, 0.717) is 17.7 Å². The van der Waals surface area contributed by atoms with Gasteiger partial charge in [-0.05, 0) is 30.2 Å². The number of carbonyl (C=O) groups is 2. The van der Waals surface area contributed by atoms with Crippen molar-refractivity contribution in [1.82, 2.24) is 0 Å². The van der Waals surface area contributed by atoms with Gasteiger partial charge in [0.25, 0.3) is 0 Å². The molecule has 24 heavy (non-hydrogen) atoms. The lowest BCUT2D eigenvalue weighted by Crippen LogP contribution is -2.31. The number of hydrogen-bond donors (Lipinski definition) is 0. The largest absolute Gasteiger partial charge is 0.496 e. The van der Waals surface area contributed by atoms with Gasteiger partial charge in [-0.25, -0.2) is 0 Å². The molecular weight excluding hydrogens is 308 g/mol. The van der Waals surface area contributed by atoms with E-state index in [4.69, 9.17) is 14.2 Å². The highest BCUT2D eigenvalue weighted by atomic mass is 16.5. The Hall–Kier alpha value is -2.82. The Kier molecular flexibility index (Phi) is 4.79. The number of fused-ring (bicyclic) bond motifs is 1. The van der Waals surface area contributed by atoms with Crippen molar-refractivity contribution in [3.8, 4) is 11.5 Å². The van der Waals surface area contributed by atoms with Gasteiger partial charge in [0.2, 0.25) is 5.78 Å². The zero-order valence-corrected chi connectivity index (χ0v) is 13.4. The fourth-order valence-corrected chi connectivity index (χ4v) is 2.69. The normalized spacial score (nSPS) is 15.8. The number of esters is 1. The monoisotopic (exact) mass is 326 g/mol. The zero-order chi connectivity index (χ0) is 16.9. The summed E-state index contributed by atoms with van der Waals surface area (Å²) in [5.41, 5.74) is 1.37. The predicted octanol–water partition coefficient (Wildman–Crippen LogP) is 2.67. The molecule has 0 aliphatic carbocycles. The summed E-state index contributed by atoms with van der Waals surface area (Å²) in [4.78, 5) is 24.4. The zero-order valence-electron chi connectivity index (χ0n) is 13.4. The van der Waals surface area contributed by atoms with Crippen molar-refractivity contribution in [1.29, 1.82) is 0 Å². The van der Waals surface area contributed by atoms with Crippen LogP contribution in [0.2, 0.25) is 0 Å². The first-order valence-corrected chi connectivity index (χ1v) is 7.72. The molecule has 0 saturated carbocycles. The van der Waals surface area contributed by atoms with E-state index >= 15 is 0 Å². The standard InChI is InChI=1S/C19H18O5/c1-22-18-9-5-3-7-15(18)16(20)12-24-19(21)14-10-13-6-2-4-8-17(13)23-11-14/h2-9,14H,10-12H2,1H3. The van der Waals surface area contributed by atoms with Gasteiger partial charge in [-0.15, -0.1) is 0 Å². The maximum atomic E-state index is 12.2. The minimum atomic E-state index is -0.423. The van der Waals surface area contributed by atoms with Crippen LogP contribution >= 0.6 is 0 Å². The lowest BCUT2D eigenvalue weighted by Gasteiger charge is -2.23. The second-order valence-electron chi connectivity index (χ2n) is 5.55. The van der Waals surface area contributed by atoms with Gasteiger partial charge in [-0.1, -0.05) is 30.3 Å². The molecule has 1 aliphatic heterocycles. The van der Waals surface area contributed by atoms with Crippen LogP contribution < -0.4 is 9.47 Å². The second-order valence-corrected chi connectivity index (χ2v) is 5.55. The molecule has 1 aliphatic rings. The Morgan fingerprint density at radius 2 is 1.88 bits per heavy atom. The first-order chi connectivity index (χ1) is 11.7. The Morgan fingerprint density at radius 3 is 2.71 bits per heavy atom. The first kappa shape index (κ1) is 16.1. The van der Waals surface area contributed by atoms with Gasteiger partial charge in [0.15, 0.2) is 6.61 Å². The van der Waals surface area contributed by atoms with E-state index in [1.807, 2.05) is 24.3 Å². The summed E-state index contributed by atoms with van der Waals surface area (Å²) in [5.74, 6) is 0.149. The minimum absolute atomic E-state index is 0.263. The summed E-state index contributed by atoms with van der Waals surface area (Å²) in [5, 5.41) is 0. The number of rotatable bonds is 5. The molecule has 0 amide bonds. The average Bonchev–Trinajstić information content (AvgIpc) is 2.65. The topological polar surface area (TPSA) is 61.8 Å². The average molecular weight is 326 g/mol. The molecule has 3 rings (SSSR count). The summed E-state index contributed by atoms with van der Waals surface area (Å²) in [6, 6.07) is 14.5. The molecule has 2 aromatic carbocycles. The highest BCUT2D eigenvalue weighted by molar-refractivity contribution is 6.00. The molecule has 5 heteroatoms. The molecule has 2 aromatic rings. The molecule has 1 atom stereocenters. The number of ether oxygens (including phenoxy) is 3. The van der Waals surface area contributed by atoms with Crippen molar-refractivity contribution >= 4 is 11.8 Å². The van der Waals surface area contributed by atoms with E-state index in [1.165, 1.54) is 7.11 Å². The predicted molar refractivity (Wildman–Crippen MR) is 87.4 cm³/mol. The molecule has 0 aromatic heterocycles. The van der Waals surface area contributed by atoms with Crippen LogP contribution in [0.5, 0.6) is 11.5 Å². The van der Waals surface area contributed by atoms with Crippen LogP contribution in [-0.4, -0.2) is 32.1 Å². The van der Waals surface area contributed by atoms with Crippen molar-refractivity contribution in [2.24, 2.45) is 5.92 Å². The summed E-state index contributed by atoms with van der Waals surface area (Å²) < 4.78 is 15.9. The molecule has 0 bridgehead atoms. The molecule has 5 nitrogen and oxygen atoms in total. The van der Waals surface area contributed by atoms with Crippen molar-refractivity contribution < 1.29 is 23.8 Å². The molecule has 124 valence electrons. The van der Waals surface area contributed by atoms with Gasteiger partial charge in [-0.2, -0.15) is 0 Å². The number of benzene rings is 2. The number of para-hydroxylation sites is 2. The molecule has 0 radical (unpaired) electrons. The van der Waals surface area contributed by atoms with E-state index < -0.39 is 11.9 Å². The van der Waals surface area contributed by atoms with Gasteiger partial charge < -0.3 is 14.2 Å². The van der Waals surface area contributed by atoms with Crippen LogP contribution in [0.1, 0.15) is 15.9 Å². The Morgan fingerprint density at radius 1 is 1.12 bits per heavy atom. The minimum Gasteiger partial charge on any atom is -0.496 e. The summed E-state index contributed by atoms with van der Waals surface area (Å²) >= 11 is 0. The number of carbonyl (C=O) groups excluding carboxylic acids is 2. The third-order valence-corrected chi connectivity index (χ3v) is 3.97. The maximum Gasteiger partial charge on any atom is 0.313 e. The molecule has 0 N–H and O–H groups in total. The van der Waals surface area contributed by atoms with E-state index in [2.05, 4.69) is 0 Å². The van der Waals surface area contributed by atoms with Gasteiger partial charge in [0, 0.05) is 0 Å². The van der Waals surface area contributed by atoms with E-state index in [0.717, 1.165) is 11.3 Å². The molecule has 0 fully saturated rings. The summed E-state index contributed by atoms with van der Waals surface area (Å²) in [6.45, 7) is -0.0456. The van der Waals surface area contributed by atoms with Crippen LogP contribution in [0.15, 0.2) is 48.5 Å². The van der Waals surface area contributed by atoms with E-state index in [9.17, 15) is 9.59 Å². The Bertz CT molecular complexity index is 753. The second kappa shape index (κ2) is 7.17. The highest BCUT2D eigenvalue weighted by Crippen LogP contribution is 2.27. The molecule has 1 heterocycles. The smallest absolute Gasteiger partial charge is 0.313 e. The van der Waals surface area contributed by atoms with Gasteiger partial charge in [0.05, 0.1) is 18.6 Å². The number of methoxy groups -OCH3 is 1. The number of ketones is 1. The third-order valence-electron chi connectivity index (χ3n) is 3.97. The van der Waals surface area contributed by atoms with Crippen molar-refractivity contribution in [2.45, 2.75) is 6.42 Å². The lowest BCUT2D eigenvalue weighted by molar-refractivity contribution is -0.148. The summed E-state index contributed by atoms with van der Waals surface area (Å²) in [6.07, 6.45) is 0.553. The fourth-order valence-electron chi connectivity index (χ4n) is 2.69. The van der Waals surface area contributed by atoms with Crippen LogP contribution in [0.3, 0.4) is 0 Å². The van der Waals surface area contributed by atoms with Crippen LogP contribution in [-0.2, 0) is 16.0 Å². The highest BCUT2D eigenvalue weighted by Gasteiger charge is 2.27. The molecule has 0 spiro atoms. The maximum absolute atomic E-state index is 12.2. The van der Waals surface area contributed by atoms with Crippen molar-refractivity contribution in [3.63, 3.8) is 0 Å². The van der Waals surface area contributed by atoms with Gasteiger partial charge in [-0.3, -0.25) is 9.59 Å². The molecular formula is C19H18O5. The quantitative estimate of drug-likeness (QED) is 0.624. The van der Waals surface area contributed by atoms with Crippen LogP contribution in [0.4, 0.5) is 0 Å². The Balaban J connectivity index is 1.59. The van der Waals surface area contributed by atoms with E-state index in [1.54, 1.807) is 24.3 Å². The number of hydrogen-bond acceptors (Lipinski definition) is 5. The van der Waals surface area contributed by atoms with E-state index in [-0.39, 0.29) is 19.0 Å². The number of Topliss-reactive ketones (excluding diaryl/α,β-unsaturated/α-hetero) is 1. The lowest BCUT2D eigenvalue weighted by atomic mass is 9.97. The third kappa shape index (κ3) is 3.40. The SMILES string of the molecule is COc1ccccc1C(=O)COC(=O)C1COc2ccccc2C1. The van der Waals surface area contributed by atoms with Gasteiger partial charge >= 0.3 is 5.97 Å². The molecule has 1 unspecified atom stereocenters. The van der Waals surface area contributed by atoms with Gasteiger partial charge in [0.1, 0.15) is 18.1 Å². The van der Waals surface area contributed by atoms with Crippen LogP contribution in [0.25, 0.3) is 0 Å². The summed E-state index contributed by atoms with van der Waals surface area (Å²) in [7, 11) is 1.49. The van der Waals surface area contributed by atoms with Crippen molar-refractivity contribution in [2.75, 3.05) is 20.3 Å². The first-order valence-electron chi connectivity index (χ1n) is 7.72. The Labute approximate surface area is 140 Å². The van der Waals surface area contributed by atoms with Crippen molar-refractivity contribution in [3.05, 3.63) is 59.7 Å². The fraction of sp³-hybridized carbons (Fsp3) is 0.263. The molecule has 0 saturated heterocycles.